The van der Waals surface area contributed by atoms with Crippen LogP contribution in [0.4, 0.5) is 5.69 Å². The van der Waals surface area contributed by atoms with E-state index in [2.05, 4.69) is 36.6 Å². The quantitative estimate of drug-likeness (QED) is 0.472. The average molecular weight is 339 g/mol. The maximum absolute atomic E-state index is 11.2. The van der Waals surface area contributed by atoms with Crippen LogP contribution in [-0.4, -0.2) is 18.0 Å². The number of nitrogens with zero attached hydrogens (tertiary/aromatic N) is 1. The van der Waals surface area contributed by atoms with Gasteiger partial charge in [-0.05, 0) is 37.9 Å². The number of nitro benzene ring substituents is 1. The van der Waals surface area contributed by atoms with Gasteiger partial charge in [-0.15, -0.1) is 0 Å². The van der Waals surface area contributed by atoms with Crippen molar-refractivity contribution in [1.29, 1.82) is 0 Å². The number of methoxy groups -OCH3 is 1. The van der Waals surface area contributed by atoms with E-state index in [1.807, 2.05) is 0 Å². The Bertz CT molecular complexity index is 433. The number of ether oxygens (including phenoxy) is 1. The second-order valence-corrected chi connectivity index (χ2v) is 4.19. The molecule has 0 aliphatic rings. The van der Waals surface area contributed by atoms with Crippen molar-refractivity contribution in [2.45, 2.75) is 0 Å². The van der Waals surface area contributed by atoms with Gasteiger partial charge in [-0.1, -0.05) is 0 Å². The Hall–Kier alpha value is -0.950. The number of rotatable bonds is 2. The second kappa shape index (κ2) is 4.71. The highest BCUT2D eigenvalue weighted by Crippen LogP contribution is 2.33. The molecule has 15 heavy (non-hydrogen) atoms. The molecule has 0 atom stereocenters. The highest BCUT2D eigenvalue weighted by atomic mass is 79.9. The molecule has 5 nitrogen and oxygen atoms in total. The van der Waals surface area contributed by atoms with Crippen LogP contribution in [0.15, 0.2) is 21.1 Å². The molecule has 1 aromatic rings. The first-order chi connectivity index (χ1) is 6.97. The number of nitro groups is 1. The number of carbonyl (C=O) groups is 1. The molecule has 0 unspecified atom stereocenters. The minimum atomic E-state index is -0.619. The van der Waals surface area contributed by atoms with Crippen molar-refractivity contribution in [3.05, 3.63) is 36.8 Å². The molecule has 0 saturated carbocycles. The van der Waals surface area contributed by atoms with Crippen molar-refractivity contribution in [1.82, 2.24) is 0 Å². The molecular weight excluding hydrogens is 334 g/mol. The van der Waals surface area contributed by atoms with Gasteiger partial charge in [-0.25, -0.2) is 4.79 Å². The van der Waals surface area contributed by atoms with Gasteiger partial charge < -0.3 is 4.74 Å². The fourth-order valence-electron chi connectivity index (χ4n) is 0.943. The molecule has 0 aliphatic heterocycles. The molecule has 0 bridgehead atoms. The topological polar surface area (TPSA) is 69.4 Å². The summed E-state index contributed by atoms with van der Waals surface area (Å²) < 4.78 is 5.19. The van der Waals surface area contributed by atoms with E-state index < -0.39 is 10.9 Å². The van der Waals surface area contributed by atoms with Crippen molar-refractivity contribution in [2.24, 2.45) is 0 Å². The van der Waals surface area contributed by atoms with Crippen molar-refractivity contribution in [3.8, 4) is 0 Å². The molecule has 1 rings (SSSR count). The molecule has 0 saturated heterocycles. The normalized spacial score (nSPS) is 9.80. The van der Waals surface area contributed by atoms with Gasteiger partial charge in [0.05, 0.1) is 17.6 Å². The van der Waals surface area contributed by atoms with Crippen LogP contribution in [0.25, 0.3) is 0 Å². The molecule has 0 N–H and O–H groups in total. The van der Waals surface area contributed by atoms with Gasteiger partial charge in [0, 0.05) is 10.5 Å². The summed E-state index contributed by atoms with van der Waals surface area (Å²) in [6, 6.07) is 2.60. The zero-order valence-corrected chi connectivity index (χ0v) is 10.7. The number of carbonyl (C=O) groups excluding carboxylic acids is 1. The molecule has 0 amide bonds. The predicted molar refractivity (Wildman–Crippen MR) is 59.8 cm³/mol. The predicted octanol–water partition coefficient (Wildman–Crippen LogP) is 2.91. The van der Waals surface area contributed by atoms with Gasteiger partial charge in [0.15, 0.2) is 0 Å². The maximum Gasteiger partial charge on any atom is 0.338 e. The first-order valence-electron chi connectivity index (χ1n) is 3.69. The summed E-state index contributed by atoms with van der Waals surface area (Å²) in [5, 5.41) is 10.6. The summed E-state index contributed by atoms with van der Waals surface area (Å²) in [7, 11) is 1.21. The lowest BCUT2D eigenvalue weighted by Crippen LogP contribution is -2.02. The van der Waals surface area contributed by atoms with Gasteiger partial charge >= 0.3 is 5.97 Å². The Morgan fingerprint density at radius 2 is 2.07 bits per heavy atom. The van der Waals surface area contributed by atoms with E-state index in [9.17, 15) is 14.9 Å². The summed E-state index contributed by atoms with van der Waals surface area (Å²) in [4.78, 5) is 21.2. The van der Waals surface area contributed by atoms with Gasteiger partial charge in [0.2, 0.25) is 0 Å². The summed E-state index contributed by atoms with van der Waals surface area (Å²) >= 11 is 6.15. The molecule has 0 radical (unpaired) electrons. The molecule has 0 spiro atoms. The van der Waals surface area contributed by atoms with Crippen molar-refractivity contribution >= 4 is 43.5 Å². The van der Waals surface area contributed by atoms with Crippen LogP contribution >= 0.6 is 31.9 Å². The molecule has 1 aromatic carbocycles. The number of esters is 1. The Morgan fingerprint density at radius 3 is 2.53 bits per heavy atom. The van der Waals surface area contributed by atoms with E-state index in [1.54, 1.807) is 0 Å². The smallest absolute Gasteiger partial charge is 0.338 e. The van der Waals surface area contributed by atoms with Crippen LogP contribution in [0.2, 0.25) is 0 Å². The van der Waals surface area contributed by atoms with Gasteiger partial charge in [0.25, 0.3) is 5.69 Å². The SMILES string of the molecule is COC(=O)c1cc(Br)c(Br)c([N+](=O)[O-])c1. The van der Waals surface area contributed by atoms with Crippen LogP contribution in [0, 0.1) is 10.1 Å². The monoisotopic (exact) mass is 337 g/mol. The first-order valence-corrected chi connectivity index (χ1v) is 5.27. The highest BCUT2D eigenvalue weighted by molar-refractivity contribution is 9.13. The Kier molecular flexibility index (Phi) is 3.81. The molecule has 0 aliphatic carbocycles. The number of benzene rings is 1. The van der Waals surface area contributed by atoms with E-state index >= 15 is 0 Å². The van der Waals surface area contributed by atoms with Crippen LogP contribution < -0.4 is 0 Å². The zero-order valence-electron chi connectivity index (χ0n) is 7.49. The lowest BCUT2D eigenvalue weighted by atomic mass is 10.2. The average Bonchev–Trinajstić information content (AvgIpc) is 2.20. The lowest BCUT2D eigenvalue weighted by Gasteiger charge is -2.02. The van der Waals surface area contributed by atoms with Crippen LogP contribution in [0.3, 0.4) is 0 Å². The third kappa shape index (κ3) is 2.54. The van der Waals surface area contributed by atoms with Crippen LogP contribution in [-0.2, 0) is 4.74 Å². The minimum Gasteiger partial charge on any atom is -0.465 e. The first kappa shape index (κ1) is 12.1. The fourth-order valence-corrected chi connectivity index (χ4v) is 1.77. The third-order valence-electron chi connectivity index (χ3n) is 1.63. The van der Waals surface area contributed by atoms with Crippen molar-refractivity contribution in [2.75, 3.05) is 7.11 Å². The van der Waals surface area contributed by atoms with E-state index in [-0.39, 0.29) is 11.3 Å². The molecule has 0 heterocycles. The van der Waals surface area contributed by atoms with E-state index in [1.165, 1.54) is 13.2 Å². The Balaban J connectivity index is 3.35. The largest absolute Gasteiger partial charge is 0.465 e. The molecule has 7 heteroatoms. The van der Waals surface area contributed by atoms with E-state index in [4.69, 9.17) is 0 Å². The second-order valence-electron chi connectivity index (χ2n) is 2.54. The Labute approximate surface area is 102 Å². The standard InChI is InChI=1S/C8H5Br2NO4/c1-15-8(12)4-2-5(9)7(10)6(3-4)11(13)14/h2-3H,1H3. The van der Waals surface area contributed by atoms with E-state index in [0.717, 1.165) is 6.07 Å². The van der Waals surface area contributed by atoms with Crippen molar-refractivity contribution < 1.29 is 14.5 Å². The van der Waals surface area contributed by atoms with Crippen LogP contribution in [0.1, 0.15) is 10.4 Å². The molecule has 80 valence electrons. The summed E-state index contributed by atoms with van der Waals surface area (Å²) in [6.07, 6.45) is 0. The molecule has 0 aromatic heterocycles. The van der Waals surface area contributed by atoms with Crippen LogP contribution in [0.5, 0.6) is 0 Å². The minimum absolute atomic E-state index is 0.124. The summed E-state index contributed by atoms with van der Waals surface area (Å²) in [5.41, 5.74) is -0.0657. The van der Waals surface area contributed by atoms with Gasteiger partial charge in [-0.2, -0.15) is 0 Å². The maximum atomic E-state index is 11.2. The van der Waals surface area contributed by atoms with Crippen molar-refractivity contribution in [3.63, 3.8) is 0 Å². The fraction of sp³-hybridized carbons (Fsp3) is 0.125. The lowest BCUT2D eigenvalue weighted by molar-refractivity contribution is -0.385. The Morgan fingerprint density at radius 1 is 1.47 bits per heavy atom. The zero-order chi connectivity index (χ0) is 11.6. The molecular formula is C8H5Br2NO4. The highest BCUT2D eigenvalue weighted by Gasteiger charge is 2.19. The van der Waals surface area contributed by atoms with E-state index in [0.29, 0.717) is 8.95 Å². The van der Waals surface area contributed by atoms with Gasteiger partial charge in [-0.3, -0.25) is 10.1 Å². The third-order valence-corrected chi connectivity index (χ3v) is 3.62. The molecule has 0 fully saturated rings. The summed E-state index contributed by atoms with van der Waals surface area (Å²) in [5.74, 6) is -0.619. The number of hydrogen-bond acceptors (Lipinski definition) is 4. The van der Waals surface area contributed by atoms with Gasteiger partial charge in [0.1, 0.15) is 4.47 Å². The summed E-state index contributed by atoms with van der Waals surface area (Å²) in [6.45, 7) is 0. The number of hydrogen-bond donors (Lipinski definition) is 0. The number of halogens is 2.